The lowest BCUT2D eigenvalue weighted by atomic mass is 9.97. The summed E-state index contributed by atoms with van der Waals surface area (Å²) in [4.78, 5) is 29.5. The maximum absolute atomic E-state index is 13.7. The molecule has 0 radical (unpaired) electrons. The lowest BCUT2D eigenvalue weighted by Crippen LogP contribution is -2.43. The molecule has 0 unspecified atom stereocenters. The number of hydrogen-bond acceptors (Lipinski definition) is 7. The van der Waals surface area contributed by atoms with Crippen LogP contribution in [0.15, 0.2) is 71.3 Å². The average molecular weight is 553 g/mol. The van der Waals surface area contributed by atoms with Gasteiger partial charge >= 0.3 is 12.1 Å². The summed E-state index contributed by atoms with van der Waals surface area (Å²) in [5.41, 5.74) is 5.40. The number of phenols is 1. The molecule has 13 heteroatoms. The second kappa shape index (κ2) is 11.3. The first-order valence-corrected chi connectivity index (χ1v) is 11.5. The van der Waals surface area contributed by atoms with Crippen LogP contribution in [0.25, 0.3) is 22.4 Å². The molecular weight excluding hydrogens is 534 g/mol. The molecule has 0 spiro atoms. The largest absolute Gasteiger partial charge is 0.507 e. The van der Waals surface area contributed by atoms with Crippen molar-refractivity contribution in [3.05, 3.63) is 84.1 Å². The Balaban J connectivity index is 1.91. The van der Waals surface area contributed by atoms with E-state index in [1.165, 1.54) is 54.8 Å². The maximum atomic E-state index is 13.7. The number of rotatable bonds is 7. The van der Waals surface area contributed by atoms with Gasteiger partial charge in [0, 0.05) is 36.0 Å². The van der Waals surface area contributed by atoms with Crippen molar-refractivity contribution >= 4 is 23.3 Å². The monoisotopic (exact) mass is 553 g/mol. The number of amides is 2. The second-order valence-corrected chi connectivity index (χ2v) is 8.28. The summed E-state index contributed by atoms with van der Waals surface area (Å²) >= 11 is 0. The normalized spacial score (nSPS) is 11.1. The van der Waals surface area contributed by atoms with E-state index in [0.29, 0.717) is 4.90 Å². The van der Waals surface area contributed by atoms with E-state index in [0.717, 1.165) is 12.1 Å². The van der Waals surface area contributed by atoms with Crippen LogP contribution in [0.2, 0.25) is 0 Å². The number of anilines is 2. The highest BCUT2D eigenvalue weighted by Crippen LogP contribution is 2.37. The highest BCUT2D eigenvalue weighted by atomic mass is 19.4. The summed E-state index contributed by atoms with van der Waals surface area (Å²) in [5, 5.41) is 22.8. The molecule has 2 aromatic heterocycles. The van der Waals surface area contributed by atoms with Crippen LogP contribution in [0.4, 0.5) is 29.1 Å². The van der Waals surface area contributed by atoms with Crippen molar-refractivity contribution in [2.24, 2.45) is 5.73 Å². The van der Waals surface area contributed by atoms with Crippen LogP contribution in [0, 0.1) is 17.1 Å². The van der Waals surface area contributed by atoms with Gasteiger partial charge in [-0.15, -0.1) is 0 Å². The molecule has 2 heterocycles. The molecule has 0 aliphatic carbocycles. The molecule has 0 bridgehead atoms. The summed E-state index contributed by atoms with van der Waals surface area (Å²) in [6.45, 7) is -0.704. The lowest BCUT2D eigenvalue weighted by Gasteiger charge is -2.24. The number of nitrogens with zero attached hydrogens (tertiary/aromatic N) is 3. The van der Waals surface area contributed by atoms with Gasteiger partial charge in [-0.05, 0) is 48.0 Å². The lowest BCUT2D eigenvalue weighted by molar-refractivity contribution is -0.170. The third-order valence-electron chi connectivity index (χ3n) is 5.65. The zero-order valence-electron chi connectivity index (χ0n) is 20.4. The fourth-order valence-electron chi connectivity index (χ4n) is 3.88. The molecule has 2 amide bonds. The van der Waals surface area contributed by atoms with Crippen molar-refractivity contribution in [2.75, 3.05) is 23.3 Å². The van der Waals surface area contributed by atoms with Crippen LogP contribution in [-0.4, -0.2) is 41.2 Å². The van der Waals surface area contributed by atoms with E-state index >= 15 is 0 Å². The molecule has 0 aliphatic heterocycles. The smallest absolute Gasteiger partial charge is 0.471 e. The molecule has 0 aliphatic rings. The first-order valence-electron chi connectivity index (χ1n) is 11.5. The molecule has 204 valence electrons. The van der Waals surface area contributed by atoms with Gasteiger partial charge in [0.05, 0.1) is 12.0 Å². The Bertz CT molecular complexity index is 1610. The minimum atomic E-state index is -5.17. The highest BCUT2D eigenvalue weighted by molar-refractivity contribution is 6.03. The van der Waals surface area contributed by atoms with Gasteiger partial charge in [-0.3, -0.25) is 9.59 Å². The molecule has 0 saturated heterocycles. The zero-order chi connectivity index (χ0) is 29.0. The van der Waals surface area contributed by atoms with Gasteiger partial charge in [0.25, 0.3) is 5.91 Å². The summed E-state index contributed by atoms with van der Waals surface area (Å²) in [5.74, 6) is -4.50. The fourth-order valence-corrected chi connectivity index (χ4v) is 3.88. The van der Waals surface area contributed by atoms with E-state index in [-0.39, 0.29) is 51.8 Å². The van der Waals surface area contributed by atoms with Gasteiger partial charge in [0.15, 0.2) is 11.6 Å². The number of nitrogens with two attached hydrogens (primary N) is 1. The van der Waals surface area contributed by atoms with Crippen molar-refractivity contribution in [1.82, 2.24) is 4.98 Å². The zero-order valence-corrected chi connectivity index (χ0v) is 20.4. The maximum Gasteiger partial charge on any atom is 0.471 e. The van der Waals surface area contributed by atoms with E-state index in [1.54, 1.807) is 0 Å². The number of carbonyl (C=O) groups excluding carboxylic acids is 2. The Kier molecular flexibility index (Phi) is 7.83. The number of nitriles is 1. The number of pyridine rings is 1. The van der Waals surface area contributed by atoms with Crippen LogP contribution >= 0.6 is 0 Å². The molecule has 40 heavy (non-hydrogen) atoms. The van der Waals surface area contributed by atoms with Crippen LogP contribution in [0.5, 0.6) is 5.75 Å². The van der Waals surface area contributed by atoms with Gasteiger partial charge in [0.2, 0.25) is 0 Å². The van der Waals surface area contributed by atoms with Gasteiger partial charge in [0.1, 0.15) is 23.2 Å². The fraction of sp³-hybridized carbons (Fsp3) is 0.111. The number of aromatic hydroxyl groups is 1. The van der Waals surface area contributed by atoms with Gasteiger partial charge in [-0.25, -0.2) is 9.37 Å². The van der Waals surface area contributed by atoms with Gasteiger partial charge < -0.3 is 25.5 Å². The Morgan fingerprint density at radius 3 is 2.50 bits per heavy atom. The Labute approximate surface area is 224 Å². The van der Waals surface area contributed by atoms with Crippen LogP contribution < -0.4 is 16.0 Å². The summed E-state index contributed by atoms with van der Waals surface area (Å²) in [7, 11) is 0. The number of phenolic OH excluding ortho intramolecular Hbond substituents is 1. The predicted octanol–water partition coefficient (Wildman–Crippen LogP) is 4.83. The Morgan fingerprint density at radius 1 is 1.10 bits per heavy atom. The standard InChI is InChI=1S/C27H19F4N5O4/c28-16-6-7-18(22(37)12-16)21-13-19(20(14-33)24(34-21)35-25(38)23-5-2-10-40-23)15-3-1-4-17(11-15)36(9-8-32)26(39)27(29,30)31/h1-7,10-13,37H,8-9,32H2,(H,34,35,38). The van der Waals surface area contributed by atoms with E-state index in [4.69, 9.17) is 10.2 Å². The van der Waals surface area contributed by atoms with E-state index in [2.05, 4.69) is 10.3 Å². The minimum absolute atomic E-state index is 0.00294. The SMILES string of the molecule is N#Cc1c(-c2cccc(N(CCN)C(=O)C(F)(F)F)c2)cc(-c2ccc(F)cc2O)nc1NC(=O)c1ccco1. The van der Waals surface area contributed by atoms with E-state index in [1.807, 2.05) is 6.07 Å². The summed E-state index contributed by atoms with van der Waals surface area (Å²) < 4.78 is 58.5. The van der Waals surface area contributed by atoms with Crippen LogP contribution in [-0.2, 0) is 4.79 Å². The van der Waals surface area contributed by atoms with Crippen molar-refractivity contribution in [3.8, 4) is 34.2 Å². The molecule has 0 fully saturated rings. The number of hydrogen-bond donors (Lipinski definition) is 3. The highest BCUT2D eigenvalue weighted by Gasteiger charge is 2.42. The number of nitrogens with one attached hydrogen (secondary N) is 1. The van der Waals surface area contributed by atoms with Crippen molar-refractivity contribution < 1.29 is 36.7 Å². The number of halogens is 4. The molecule has 4 rings (SSSR count). The quantitative estimate of drug-likeness (QED) is 0.278. The van der Waals surface area contributed by atoms with Crippen molar-refractivity contribution in [3.63, 3.8) is 0 Å². The first-order chi connectivity index (χ1) is 19.0. The molecule has 2 aromatic carbocycles. The third kappa shape index (κ3) is 5.77. The van der Waals surface area contributed by atoms with E-state index < -0.39 is 36.1 Å². The van der Waals surface area contributed by atoms with E-state index in [9.17, 15) is 37.5 Å². The number of aromatic nitrogens is 1. The summed E-state index contributed by atoms with van der Waals surface area (Å²) in [6.07, 6.45) is -3.91. The molecule has 4 N–H and O–H groups in total. The third-order valence-corrected chi connectivity index (χ3v) is 5.65. The number of benzene rings is 2. The molecule has 0 atom stereocenters. The topological polar surface area (TPSA) is 145 Å². The number of alkyl halides is 3. The predicted molar refractivity (Wildman–Crippen MR) is 136 cm³/mol. The Morgan fingerprint density at radius 2 is 1.88 bits per heavy atom. The molecular formula is C27H19F4N5O4. The Hall–Kier alpha value is -5.22. The van der Waals surface area contributed by atoms with Gasteiger partial charge in [-0.1, -0.05) is 12.1 Å². The average Bonchev–Trinajstić information content (AvgIpc) is 3.46. The second-order valence-electron chi connectivity index (χ2n) is 8.28. The van der Waals surface area contributed by atoms with Crippen LogP contribution in [0.1, 0.15) is 16.1 Å². The van der Waals surface area contributed by atoms with Gasteiger partial charge in [-0.2, -0.15) is 18.4 Å². The summed E-state index contributed by atoms with van der Waals surface area (Å²) in [6, 6.07) is 14.6. The molecule has 0 saturated carbocycles. The first kappa shape index (κ1) is 27.8. The number of carbonyl (C=O) groups is 2. The molecule has 9 nitrogen and oxygen atoms in total. The van der Waals surface area contributed by atoms with Crippen LogP contribution in [0.3, 0.4) is 0 Å². The minimum Gasteiger partial charge on any atom is -0.507 e. The van der Waals surface area contributed by atoms with Crippen molar-refractivity contribution in [1.29, 1.82) is 5.26 Å². The van der Waals surface area contributed by atoms with Crippen molar-refractivity contribution in [2.45, 2.75) is 6.18 Å². The number of furan rings is 1. The molecule has 4 aromatic rings.